The Kier molecular flexibility index (Phi) is 8.66. The molecule has 9 heteroatoms. The summed E-state index contributed by atoms with van der Waals surface area (Å²) in [4.78, 5) is 24.5. The quantitative estimate of drug-likeness (QED) is 0.518. The molecule has 0 spiro atoms. The van der Waals surface area contributed by atoms with Gasteiger partial charge >= 0.3 is 5.97 Å². The molecule has 1 aliphatic carbocycles. The summed E-state index contributed by atoms with van der Waals surface area (Å²) in [7, 11) is 0. The summed E-state index contributed by atoms with van der Waals surface area (Å²) in [5, 5.41) is 18.0. The van der Waals surface area contributed by atoms with E-state index in [1.807, 2.05) is 30.3 Å². The Morgan fingerprint density at radius 1 is 1.08 bits per heavy atom. The maximum absolute atomic E-state index is 13.6. The molecule has 0 saturated heterocycles. The van der Waals surface area contributed by atoms with Crippen LogP contribution in [0.5, 0.6) is 0 Å². The van der Waals surface area contributed by atoms with Crippen LogP contribution in [-0.4, -0.2) is 52.6 Å². The molecule has 4 rings (SSSR count). The molecular formula is C27H32FN3O5. The number of carboxylic acid groups (broad SMARTS) is 1. The lowest BCUT2D eigenvalue weighted by molar-refractivity contribution is -0.130. The monoisotopic (exact) mass is 497 g/mol. The topological polar surface area (TPSA) is 100 Å². The minimum absolute atomic E-state index is 0.0506. The average Bonchev–Trinajstić information content (AvgIpc) is 3.27. The van der Waals surface area contributed by atoms with Crippen molar-refractivity contribution in [2.24, 2.45) is 5.10 Å². The molecule has 0 bridgehead atoms. The van der Waals surface area contributed by atoms with E-state index in [2.05, 4.69) is 10.4 Å². The molecule has 36 heavy (non-hydrogen) atoms. The number of carbonyl (C=O) groups is 2. The van der Waals surface area contributed by atoms with Gasteiger partial charge in [-0.3, -0.25) is 9.80 Å². The number of ether oxygens (including phenoxy) is 2. The number of carboxylic acids is 1. The Hall–Kier alpha value is -3.30. The maximum Gasteiger partial charge on any atom is 0.352 e. The summed E-state index contributed by atoms with van der Waals surface area (Å²) in [6, 6.07) is 14.5. The molecule has 2 aromatic carbocycles. The molecule has 1 heterocycles. The first-order chi connectivity index (χ1) is 17.4. The fraction of sp³-hybridized carbons (Fsp3) is 0.444. The number of carbonyl (C=O) groups excluding carboxylic acids is 1. The fourth-order valence-corrected chi connectivity index (χ4v) is 4.57. The van der Waals surface area contributed by atoms with E-state index < -0.39 is 12.2 Å². The van der Waals surface area contributed by atoms with Crippen LogP contribution in [0.3, 0.4) is 0 Å². The minimum atomic E-state index is -1.15. The molecule has 192 valence electrons. The molecule has 3 atom stereocenters. The van der Waals surface area contributed by atoms with E-state index in [4.69, 9.17) is 9.47 Å². The van der Waals surface area contributed by atoms with Crippen LogP contribution >= 0.6 is 0 Å². The number of aryl methyl sites for hydroxylation is 1. The van der Waals surface area contributed by atoms with Crippen molar-refractivity contribution >= 4 is 17.6 Å². The van der Waals surface area contributed by atoms with Crippen LogP contribution in [0.15, 0.2) is 53.6 Å². The fourth-order valence-electron chi connectivity index (χ4n) is 4.57. The molecule has 0 aromatic heterocycles. The van der Waals surface area contributed by atoms with E-state index in [1.165, 1.54) is 11.1 Å². The van der Waals surface area contributed by atoms with E-state index in [0.717, 1.165) is 36.8 Å². The van der Waals surface area contributed by atoms with Gasteiger partial charge in [-0.05, 0) is 42.5 Å². The van der Waals surface area contributed by atoms with Crippen molar-refractivity contribution in [3.05, 3.63) is 71.0 Å². The number of nitrogens with one attached hydrogen (secondary N) is 1. The minimum Gasteiger partial charge on any atom is -0.477 e. The molecule has 2 aliphatic rings. The zero-order chi connectivity index (χ0) is 25.5. The molecule has 1 saturated carbocycles. The Morgan fingerprint density at radius 2 is 1.83 bits per heavy atom. The van der Waals surface area contributed by atoms with Crippen molar-refractivity contribution < 1.29 is 28.6 Å². The van der Waals surface area contributed by atoms with Crippen LogP contribution in [0.25, 0.3) is 0 Å². The summed E-state index contributed by atoms with van der Waals surface area (Å²) in [5.41, 5.74) is 2.27. The number of halogens is 1. The summed E-state index contributed by atoms with van der Waals surface area (Å²) in [5.74, 6) is -1.72. The Labute approximate surface area is 210 Å². The molecular weight excluding hydrogens is 465 g/mol. The number of hydrogen-bond donors (Lipinski definition) is 2. The Balaban J connectivity index is 1.34. The maximum atomic E-state index is 13.6. The second-order valence-corrected chi connectivity index (χ2v) is 9.30. The van der Waals surface area contributed by atoms with Gasteiger partial charge in [-0.1, -0.05) is 55.3 Å². The SMILES string of the molecule is Cc1cc(COC2CC(C(=O)O)=NN2CC(=O)N[C@H]2CCCC[C@@H]2OCc2ccccc2)ccc1F. The molecule has 1 unspecified atom stereocenters. The van der Waals surface area contributed by atoms with Gasteiger partial charge in [0.1, 0.15) is 18.1 Å². The van der Waals surface area contributed by atoms with E-state index in [9.17, 15) is 19.1 Å². The smallest absolute Gasteiger partial charge is 0.352 e. The van der Waals surface area contributed by atoms with Crippen molar-refractivity contribution in [2.75, 3.05) is 6.54 Å². The summed E-state index contributed by atoms with van der Waals surface area (Å²) < 4.78 is 25.6. The van der Waals surface area contributed by atoms with E-state index in [-0.39, 0.29) is 49.2 Å². The second kappa shape index (κ2) is 12.1. The Bertz CT molecular complexity index is 1090. The van der Waals surface area contributed by atoms with Gasteiger partial charge in [0.15, 0.2) is 6.23 Å². The van der Waals surface area contributed by atoms with Gasteiger partial charge in [0.05, 0.1) is 25.4 Å². The number of benzene rings is 2. The number of nitrogens with zero attached hydrogens (tertiary/aromatic N) is 2. The summed E-state index contributed by atoms with van der Waals surface area (Å²) in [6.07, 6.45) is 2.99. The van der Waals surface area contributed by atoms with Crippen molar-refractivity contribution in [1.82, 2.24) is 10.3 Å². The number of rotatable bonds is 10. The van der Waals surface area contributed by atoms with Crippen molar-refractivity contribution in [3.8, 4) is 0 Å². The average molecular weight is 498 g/mol. The number of amides is 1. The van der Waals surface area contributed by atoms with Crippen molar-refractivity contribution in [1.29, 1.82) is 0 Å². The number of hydrazone groups is 1. The number of aliphatic carboxylic acids is 1. The third-order valence-electron chi connectivity index (χ3n) is 6.52. The Morgan fingerprint density at radius 3 is 2.58 bits per heavy atom. The first-order valence-electron chi connectivity index (χ1n) is 12.3. The highest BCUT2D eigenvalue weighted by atomic mass is 19.1. The van der Waals surface area contributed by atoms with Crippen LogP contribution < -0.4 is 5.32 Å². The van der Waals surface area contributed by atoms with Crippen molar-refractivity contribution in [2.45, 2.75) is 70.6 Å². The predicted molar refractivity (Wildman–Crippen MR) is 132 cm³/mol. The van der Waals surface area contributed by atoms with Crippen molar-refractivity contribution in [3.63, 3.8) is 0 Å². The van der Waals surface area contributed by atoms with Gasteiger partial charge in [-0.25, -0.2) is 9.18 Å². The lowest BCUT2D eigenvalue weighted by Gasteiger charge is -2.33. The highest BCUT2D eigenvalue weighted by molar-refractivity contribution is 6.36. The lowest BCUT2D eigenvalue weighted by atomic mass is 9.92. The normalized spacial score (nSPS) is 21.8. The second-order valence-electron chi connectivity index (χ2n) is 9.30. The summed E-state index contributed by atoms with van der Waals surface area (Å²) in [6.45, 7) is 2.16. The van der Waals surface area contributed by atoms with E-state index >= 15 is 0 Å². The molecule has 0 radical (unpaired) electrons. The molecule has 8 nitrogen and oxygen atoms in total. The third-order valence-corrected chi connectivity index (χ3v) is 6.52. The third kappa shape index (κ3) is 6.89. The first-order valence-corrected chi connectivity index (χ1v) is 12.3. The van der Waals surface area contributed by atoms with Gasteiger partial charge in [0.2, 0.25) is 5.91 Å². The van der Waals surface area contributed by atoms with Crippen LogP contribution in [-0.2, 0) is 32.3 Å². The van der Waals surface area contributed by atoms with E-state index in [1.54, 1.807) is 19.1 Å². The molecule has 2 aromatic rings. The van der Waals surface area contributed by atoms with E-state index in [0.29, 0.717) is 12.2 Å². The summed E-state index contributed by atoms with van der Waals surface area (Å²) >= 11 is 0. The first kappa shape index (κ1) is 25.8. The molecule has 1 fully saturated rings. The largest absolute Gasteiger partial charge is 0.477 e. The van der Waals surface area contributed by atoms with Gasteiger partial charge in [-0.2, -0.15) is 5.10 Å². The standard InChI is InChI=1S/C27H32FN3O5/c1-18-13-20(11-12-21(18)28)17-36-26-14-23(27(33)34)30-31(26)15-25(32)29-22-9-5-6-10-24(22)35-16-19-7-3-2-4-8-19/h2-4,7-8,11-13,22,24,26H,5-6,9-10,14-17H2,1H3,(H,29,32)(H,33,34)/t22-,24-,26?/m0/s1. The zero-order valence-corrected chi connectivity index (χ0v) is 20.4. The van der Waals surface area contributed by atoms with Crippen LogP contribution in [0.4, 0.5) is 4.39 Å². The van der Waals surface area contributed by atoms with Gasteiger partial charge < -0.3 is 19.9 Å². The molecule has 1 aliphatic heterocycles. The van der Waals surface area contributed by atoms with Crippen LogP contribution in [0.1, 0.15) is 48.8 Å². The van der Waals surface area contributed by atoms with Crippen LogP contribution in [0.2, 0.25) is 0 Å². The predicted octanol–water partition coefficient (Wildman–Crippen LogP) is 3.77. The van der Waals surface area contributed by atoms with Gasteiger partial charge in [0, 0.05) is 6.42 Å². The number of hydrogen-bond acceptors (Lipinski definition) is 6. The lowest BCUT2D eigenvalue weighted by Crippen LogP contribution is -2.49. The zero-order valence-electron chi connectivity index (χ0n) is 20.4. The van der Waals surface area contributed by atoms with Gasteiger partial charge in [0.25, 0.3) is 0 Å². The highest BCUT2D eigenvalue weighted by Gasteiger charge is 2.33. The van der Waals surface area contributed by atoms with Gasteiger partial charge in [-0.15, -0.1) is 0 Å². The molecule has 1 amide bonds. The molecule has 2 N–H and O–H groups in total. The van der Waals surface area contributed by atoms with Crippen LogP contribution in [0, 0.1) is 12.7 Å². The highest BCUT2D eigenvalue weighted by Crippen LogP contribution is 2.23.